The van der Waals surface area contributed by atoms with Gasteiger partial charge in [0.25, 0.3) is 0 Å². The van der Waals surface area contributed by atoms with Crippen LogP contribution in [-0.4, -0.2) is 21.4 Å². The van der Waals surface area contributed by atoms with Crippen molar-refractivity contribution in [3.05, 3.63) is 84.2 Å². The average molecular weight is 309 g/mol. The molecule has 6 heteroatoms. The second-order valence-corrected chi connectivity index (χ2v) is 4.79. The van der Waals surface area contributed by atoms with Gasteiger partial charge in [-0.2, -0.15) is 0 Å². The summed E-state index contributed by atoms with van der Waals surface area (Å²) in [4.78, 5) is 28.4. The van der Waals surface area contributed by atoms with Gasteiger partial charge in [0.1, 0.15) is 12.1 Å². The van der Waals surface area contributed by atoms with Crippen LogP contribution in [0.3, 0.4) is 0 Å². The van der Waals surface area contributed by atoms with E-state index in [4.69, 9.17) is 0 Å². The molecule has 0 spiro atoms. The number of hydrogen-bond acceptors (Lipinski definition) is 3. The van der Waals surface area contributed by atoms with E-state index < -0.39 is 11.8 Å². The van der Waals surface area contributed by atoms with Crippen LogP contribution in [0.15, 0.2) is 67.3 Å². The highest BCUT2D eigenvalue weighted by atomic mass is 19.1. The first kappa shape index (κ1) is 14.6. The fraction of sp³-hybridized carbons (Fsp3) is 0. The number of rotatable bonds is 3. The molecule has 0 unspecified atom stereocenters. The fourth-order valence-corrected chi connectivity index (χ4v) is 2.12. The van der Waals surface area contributed by atoms with E-state index in [-0.39, 0.29) is 17.0 Å². The number of carbonyl (C=O) groups excluding carboxylic acids is 2. The summed E-state index contributed by atoms with van der Waals surface area (Å²) in [6.07, 6.45) is 4.26. The predicted octanol–water partition coefficient (Wildman–Crippen LogP) is 3.33. The third-order valence-corrected chi connectivity index (χ3v) is 3.24. The second-order valence-electron chi connectivity index (χ2n) is 4.79. The number of halogens is 1. The van der Waals surface area contributed by atoms with Gasteiger partial charge in [-0.15, -0.1) is 0 Å². The maximum Gasteiger partial charge on any atom is 0.331 e. The van der Waals surface area contributed by atoms with Crippen LogP contribution in [0.25, 0.3) is 0 Å². The van der Waals surface area contributed by atoms with Crippen LogP contribution in [0.5, 0.6) is 0 Å². The molecule has 0 saturated carbocycles. The lowest BCUT2D eigenvalue weighted by atomic mass is 10.0. The number of hydrogen-bond donors (Lipinski definition) is 1. The van der Waals surface area contributed by atoms with Crippen molar-refractivity contribution in [2.45, 2.75) is 0 Å². The minimum absolute atomic E-state index is 0.0877. The van der Waals surface area contributed by atoms with Crippen molar-refractivity contribution in [3.63, 3.8) is 0 Å². The van der Waals surface area contributed by atoms with E-state index in [1.807, 2.05) is 0 Å². The molecule has 0 aliphatic carbocycles. The third kappa shape index (κ3) is 3.16. The second kappa shape index (κ2) is 6.23. The Labute approximate surface area is 131 Å². The zero-order valence-corrected chi connectivity index (χ0v) is 11.9. The van der Waals surface area contributed by atoms with Crippen LogP contribution in [0.2, 0.25) is 0 Å². The van der Waals surface area contributed by atoms with E-state index in [9.17, 15) is 14.0 Å². The highest BCUT2D eigenvalue weighted by Gasteiger charge is 2.16. The summed E-state index contributed by atoms with van der Waals surface area (Å²) in [5.41, 5.74) is 0.736. The monoisotopic (exact) mass is 309 g/mol. The molecule has 1 N–H and O–H groups in total. The molecule has 0 atom stereocenters. The summed E-state index contributed by atoms with van der Waals surface area (Å²) in [6.45, 7) is 0. The normalized spacial score (nSPS) is 10.3. The van der Waals surface area contributed by atoms with Crippen LogP contribution in [-0.2, 0) is 0 Å². The summed E-state index contributed by atoms with van der Waals surface area (Å²) < 4.78 is 14.8. The Morgan fingerprint density at radius 2 is 1.87 bits per heavy atom. The number of amides is 1. The van der Waals surface area contributed by atoms with Crippen molar-refractivity contribution in [2.75, 3.05) is 5.32 Å². The Hall–Kier alpha value is -3.28. The van der Waals surface area contributed by atoms with Crippen molar-refractivity contribution < 1.29 is 14.0 Å². The molecule has 23 heavy (non-hydrogen) atoms. The molecule has 0 saturated heterocycles. The van der Waals surface area contributed by atoms with E-state index in [0.717, 1.165) is 6.07 Å². The average Bonchev–Trinajstić information content (AvgIpc) is 3.11. The summed E-state index contributed by atoms with van der Waals surface area (Å²) in [7, 11) is 0. The number of imidazole rings is 1. The van der Waals surface area contributed by atoms with Gasteiger partial charge in [-0.25, -0.2) is 14.2 Å². The zero-order valence-electron chi connectivity index (χ0n) is 11.9. The van der Waals surface area contributed by atoms with Crippen LogP contribution < -0.4 is 5.32 Å². The molecule has 3 rings (SSSR count). The highest BCUT2D eigenvalue weighted by molar-refractivity contribution is 6.13. The zero-order chi connectivity index (χ0) is 16.2. The standard InChI is InChI=1S/C17H12FN3O2/c18-13-6-7-15(20-17(23)21-9-8-19-11-21)14(10-13)16(22)12-4-2-1-3-5-12/h1-11H,(H,20,23). The quantitative estimate of drug-likeness (QED) is 0.755. The topological polar surface area (TPSA) is 64.0 Å². The molecule has 2 aromatic carbocycles. The Morgan fingerprint density at radius 1 is 1.09 bits per heavy atom. The summed E-state index contributed by atoms with van der Waals surface area (Å²) >= 11 is 0. The first-order valence-electron chi connectivity index (χ1n) is 6.84. The van der Waals surface area contributed by atoms with E-state index in [1.165, 1.54) is 35.4 Å². The molecule has 0 aliphatic rings. The van der Waals surface area contributed by atoms with Gasteiger partial charge in [-0.05, 0) is 18.2 Å². The van der Waals surface area contributed by atoms with Gasteiger partial charge in [-0.1, -0.05) is 30.3 Å². The maximum absolute atomic E-state index is 13.6. The molecule has 114 valence electrons. The van der Waals surface area contributed by atoms with Gasteiger partial charge in [0.2, 0.25) is 0 Å². The van der Waals surface area contributed by atoms with Crippen molar-refractivity contribution in [3.8, 4) is 0 Å². The number of nitrogens with one attached hydrogen (secondary N) is 1. The molecule has 5 nitrogen and oxygen atoms in total. The lowest BCUT2D eigenvalue weighted by molar-refractivity contribution is 0.103. The van der Waals surface area contributed by atoms with Crippen LogP contribution in [0, 0.1) is 5.82 Å². The molecule has 3 aromatic rings. The minimum atomic E-state index is -0.551. The molecule has 0 radical (unpaired) electrons. The molecule has 0 aliphatic heterocycles. The predicted molar refractivity (Wildman–Crippen MR) is 82.9 cm³/mol. The molecule has 1 aromatic heterocycles. The van der Waals surface area contributed by atoms with Crippen molar-refractivity contribution in [1.82, 2.24) is 9.55 Å². The minimum Gasteiger partial charge on any atom is -0.306 e. The molecular weight excluding hydrogens is 297 g/mol. The van der Waals surface area contributed by atoms with Crippen LogP contribution >= 0.6 is 0 Å². The van der Waals surface area contributed by atoms with Crippen molar-refractivity contribution >= 4 is 17.5 Å². The SMILES string of the molecule is O=C(c1ccccc1)c1cc(F)ccc1NC(=O)n1ccnc1. The number of anilines is 1. The molecule has 0 fully saturated rings. The van der Waals surface area contributed by atoms with Crippen LogP contribution in [0.4, 0.5) is 14.9 Å². The fourth-order valence-electron chi connectivity index (χ4n) is 2.12. The van der Waals surface area contributed by atoms with E-state index in [0.29, 0.717) is 5.56 Å². The van der Waals surface area contributed by atoms with Crippen molar-refractivity contribution in [1.29, 1.82) is 0 Å². The number of ketones is 1. The van der Waals surface area contributed by atoms with Gasteiger partial charge in [0.15, 0.2) is 5.78 Å². The van der Waals surface area contributed by atoms with E-state index in [1.54, 1.807) is 30.3 Å². The number of carbonyl (C=O) groups is 2. The molecule has 0 bridgehead atoms. The van der Waals surface area contributed by atoms with Gasteiger partial charge < -0.3 is 5.32 Å². The molecule has 1 heterocycles. The summed E-state index contributed by atoms with van der Waals surface area (Å²) in [6, 6.07) is 11.7. The van der Waals surface area contributed by atoms with Crippen molar-refractivity contribution in [2.24, 2.45) is 0 Å². The number of aromatic nitrogens is 2. The van der Waals surface area contributed by atoms with Gasteiger partial charge in [-0.3, -0.25) is 9.36 Å². The summed E-state index contributed by atoms with van der Waals surface area (Å²) in [5, 5.41) is 2.59. The van der Waals surface area contributed by atoms with E-state index in [2.05, 4.69) is 10.3 Å². The lowest BCUT2D eigenvalue weighted by Gasteiger charge is -2.11. The van der Waals surface area contributed by atoms with Gasteiger partial charge in [0, 0.05) is 23.5 Å². The first-order valence-corrected chi connectivity index (χ1v) is 6.84. The Kier molecular flexibility index (Phi) is 3.97. The summed E-state index contributed by atoms with van der Waals surface area (Å²) in [5.74, 6) is -0.920. The first-order chi connectivity index (χ1) is 11.1. The van der Waals surface area contributed by atoms with E-state index >= 15 is 0 Å². The Balaban J connectivity index is 1.95. The Morgan fingerprint density at radius 3 is 2.57 bits per heavy atom. The molecule has 1 amide bonds. The van der Waals surface area contributed by atoms with Gasteiger partial charge in [0.05, 0.1) is 5.69 Å². The smallest absolute Gasteiger partial charge is 0.306 e. The van der Waals surface area contributed by atoms with Crippen LogP contribution in [0.1, 0.15) is 15.9 Å². The lowest BCUT2D eigenvalue weighted by Crippen LogP contribution is -2.20. The number of nitrogens with zero attached hydrogens (tertiary/aromatic N) is 2. The largest absolute Gasteiger partial charge is 0.331 e. The molecular formula is C17H12FN3O2. The highest BCUT2D eigenvalue weighted by Crippen LogP contribution is 2.21. The maximum atomic E-state index is 13.6. The third-order valence-electron chi connectivity index (χ3n) is 3.24. The van der Waals surface area contributed by atoms with Gasteiger partial charge >= 0.3 is 6.03 Å². The Bertz CT molecular complexity index is 846. The number of benzene rings is 2.